The summed E-state index contributed by atoms with van der Waals surface area (Å²) >= 11 is 0. The van der Waals surface area contributed by atoms with E-state index in [2.05, 4.69) is 0 Å². The topological polar surface area (TPSA) is 120 Å². The molecule has 1 saturated heterocycles. The first-order valence-corrected chi connectivity index (χ1v) is 16.9. The van der Waals surface area contributed by atoms with E-state index in [-0.39, 0.29) is 16.6 Å². The number of morpholine rings is 1. The molecule has 12 heteroatoms. The molecule has 3 heterocycles. The van der Waals surface area contributed by atoms with Crippen molar-refractivity contribution in [3.05, 3.63) is 72.4 Å². The molecular formula is C35H42N4O7S. The number of hydrogen-bond donors (Lipinski definition) is 0. The summed E-state index contributed by atoms with van der Waals surface area (Å²) in [6.07, 6.45) is -0.289. The van der Waals surface area contributed by atoms with Gasteiger partial charge in [-0.25, -0.2) is 27.0 Å². The SMILES string of the molecule is Cc1ccc(S(=O)(=O)n2ccc3c(-c4cc(N(C(=O)OC(C)(C)C)C(=O)OC(C)(C)C)cc(N5CCOC[C@H]5C)n4)cccc32)cc1. The summed E-state index contributed by atoms with van der Waals surface area (Å²) in [5.74, 6) is 0.508. The molecule has 5 rings (SSSR count). The van der Waals surface area contributed by atoms with Crippen LogP contribution >= 0.6 is 0 Å². The molecule has 0 bridgehead atoms. The van der Waals surface area contributed by atoms with Crippen LogP contribution in [-0.4, -0.2) is 66.6 Å². The summed E-state index contributed by atoms with van der Waals surface area (Å²) in [5, 5.41) is 0.620. The second kappa shape index (κ2) is 12.6. The number of carbonyl (C=O) groups excluding carboxylic acids is 2. The number of aromatic nitrogens is 2. The summed E-state index contributed by atoms with van der Waals surface area (Å²) in [5.41, 5.74) is 0.829. The fourth-order valence-corrected chi connectivity index (χ4v) is 6.63. The predicted octanol–water partition coefficient (Wildman–Crippen LogP) is 7.15. The van der Waals surface area contributed by atoms with E-state index >= 15 is 0 Å². The second-order valence-corrected chi connectivity index (χ2v) is 15.5. The molecule has 47 heavy (non-hydrogen) atoms. The molecule has 1 fully saturated rings. The van der Waals surface area contributed by atoms with Gasteiger partial charge in [0.2, 0.25) is 0 Å². The number of nitrogens with zero attached hydrogens (tertiary/aromatic N) is 4. The van der Waals surface area contributed by atoms with Gasteiger partial charge in [0.05, 0.1) is 41.0 Å². The zero-order valence-electron chi connectivity index (χ0n) is 28.1. The van der Waals surface area contributed by atoms with Gasteiger partial charge in [0, 0.05) is 29.8 Å². The summed E-state index contributed by atoms with van der Waals surface area (Å²) in [4.78, 5) is 35.4. The number of anilines is 2. The Morgan fingerprint density at radius 3 is 2.17 bits per heavy atom. The molecule has 1 atom stereocenters. The van der Waals surface area contributed by atoms with Crippen LogP contribution in [0.3, 0.4) is 0 Å². The van der Waals surface area contributed by atoms with E-state index in [1.54, 1.807) is 96.1 Å². The average molecular weight is 663 g/mol. The summed E-state index contributed by atoms with van der Waals surface area (Å²) in [6, 6.07) is 16.9. The lowest BCUT2D eigenvalue weighted by Gasteiger charge is -2.35. The fraction of sp³-hybridized carbons (Fsp3) is 0.400. The molecule has 0 saturated carbocycles. The maximum Gasteiger partial charge on any atom is 0.424 e. The molecule has 0 aliphatic carbocycles. The molecule has 0 N–H and O–H groups in total. The third-order valence-corrected chi connectivity index (χ3v) is 9.12. The number of pyridine rings is 1. The standard InChI is InChI=1S/C35H42N4O7S/c1-23-12-14-26(15-13-23)47(42,43)38-17-16-28-27(10-9-11-30(28)38)29-20-25(21-31(36-29)37-18-19-44-22-24(37)2)39(32(40)45-34(3,4)5)33(41)46-35(6,7)8/h9-17,20-21,24H,18-19,22H2,1-8H3/t24-/m1/s1. The molecule has 2 amide bonds. The van der Waals surface area contributed by atoms with Crippen LogP contribution in [0.25, 0.3) is 22.2 Å². The van der Waals surface area contributed by atoms with Gasteiger partial charge in [-0.1, -0.05) is 29.8 Å². The zero-order chi connectivity index (χ0) is 34.3. The average Bonchev–Trinajstić information content (AvgIpc) is 3.41. The first-order chi connectivity index (χ1) is 21.9. The van der Waals surface area contributed by atoms with Gasteiger partial charge in [-0.2, -0.15) is 4.90 Å². The molecular weight excluding hydrogens is 620 g/mol. The van der Waals surface area contributed by atoms with E-state index in [0.29, 0.717) is 47.7 Å². The number of rotatable bonds is 5. The van der Waals surface area contributed by atoms with Crippen LogP contribution in [0.15, 0.2) is 71.8 Å². The Morgan fingerprint density at radius 1 is 0.936 bits per heavy atom. The van der Waals surface area contributed by atoms with Crippen LogP contribution in [0.4, 0.5) is 21.1 Å². The molecule has 0 unspecified atom stereocenters. The van der Waals surface area contributed by atoms with Gasteiger partial charge in [0.25, 0.3) is 10.0 Å². The van der Waals surface area contributed by atoms with E-state index in [1.807, 2.05) is 24.8 Å². The summed E-state index contributed by atoms with van der Waals surface area (Å²) < 4.78 is 45.6. The normalized spacial score (nSPS) is 15.8. The van der Waals surface area contributed by atoms with Crippen LogP contribution in [0.1, 0.15) is 54.0 Å². The molecule has 4 aromatic rings. The minimum Gasteiger partial charge on any atom is -0.443 e. The largest absolute Gasteiger partial charge is 0.443 e. The van der Waals surface area contributed by atoms with Gasteiger partial charge in [-0.05, 0) is 85.7 Å². The van der Waals surface area contributed by atoms with Crippen molar-refractivity contribution in [2.24, 2.45) is 0 Å². The Hall–Kier alpha value is -4.42. The molecule has 11 nitrogen and oxygen atoms in total. The molecule has 0 radical (unpaired) electrons. The van der Waals surface area contributed by atoms with Gasteiger partial charge in [-0.15, -0.1) is 0 Å². The second-order valence-electron chi connectivity index (χ2n) is 13.7. The minimum atomic E-state index is -3.91. The number of benzene rings is 2. The third kappa shape index (κ3) is 7.44. The van der Waals surface area contributed by atoms with Crippen molar-refractivity contribution in [1.29, 1.82) is 0 Å². The van der Waals surface area contributed by atoms with Gasteiger partial charge >= 0.3 is 12.2 Å². The van der Waals surface area contributed by atoms with Crippen molar-refractivity contribution >= 4 is 44.6 Å². The van der Waals surface area contributed by atoms with E-state index in [4.69, 9.17) is 19.2 Å². The Morgan fingerprint density at radius 2 is 1.57 bits per heavy atom. The lowest BCUT2D eigenvalue weighted by atomic mass is 10.1. The molecule has 2 aromatic carbocycles. The van der Waals surface area contributed by atoms with E-state index in [1.165, 1.54) is 10.2 Å². The van der Waals surface area contributed by atoms with Crippen molar-refractivity contribution in [3.63, 3.8) is 0 Å². The summed E-state index contributed by atoms with van der Waals surface area (Å²) in [7, 11) is -3.91. The monoisotopic (exact) mass is 662 g/mol. The Bertz CT molecular complexity index is 1880. The zero-order valence-corrected chi connectivity index (χ0v) is 28.9. The molecule has 0 spiro atoms. The van der Waals surface area contributed by atoms with Crippen LogP contribution in [-0.2, 0) is 24.2 Å². The third-order valence-electron chi connectivity index (χ3n) is 7.42. The highest BCUT2D eigenvalue weighted by Gasteiger charge is 2.34. The molecule has 1 aliphatic heterocycles. The van der Waals surface area contributed by atoms with Gasteiger partial charge in [0.15, 0.2) is 0 Å². The highest BCUT2D eigenvalue weighted by Crippen LogP contribution is 2.36. The molecule has 2 aromatic heterocycles. The highest BCUT2D eigenvalue weighted by molar-refractivity contribution is 7.90. The van der Waals surface area contributed by atoms with Gasteiger partial charge < -0.3 is 19.1 Å². The number of aryl methyl sites for hydroxylation is 1. The number of fused-ring (bicyclic) bond motifs is 1. The number of imide groups is 1. The van der Waals surface area contributed by atoms with Crippen LogP contribution in [0.5, 0.6) is 0 Å². The molecule has 1 aliphatic rings. The maximum absolute atomic E-state index is 13.7. The fourth-order valence-electron chi connectivity index (χ4n) is 5.28. The van der Waals surface area contributed by atoms with Crippen molar-refractivity contribution in [2.45, 2.75) is 77.5 Å². The van der Waals surface area contributed by atoms with Gasteiger partial charge in [0.1, 0.15) is 17.0 Å². The maximum atomic E-state index is 13.7. The minimum absolute atomic E-state index is 0.0487. The summed E-state index contributed by atoms with van der Waals surface area (Å²) in [6.45, 7) is 15.7. The van der Waals surface area contributed by atoms with E-state index < -0.39 is 33.4 Å². The van der Waals surface area contributed by atoms with Crippen molar-refractivity contribution in [3.8, 4) is 11.3 Å². The lowest BCUT2D eigenvalue weighted by molar-refractivity contribution is 0.0430. The lowest BCUT2D eigenvalue weighted by Crippen LogP contribution is -2.45. The molecule has 250 valence electrons. The quantitative estimate of drug-likeness (QED) is 0.219. The Balaban J connectivity index is 1.70. The first-order valence-electron chi connectivity index (χ1n) is 15.5. The number of carbonyl (C=O) groups is 2. The van der Waals surface area contributed by atoms with Crippen molar-refractivity contribution < 1.29 is 32.2 Å². The van der Waals surface area contributed by atoms with Crippen LogP contribution in [0, 0.1) is 6.92 Å². The first kappa shape index (κ1) is 33.9. The number of ether oxygens (including phenoxy) is 3. The van der Waals surface area contributed by atoms with Crippen LogP contribution < -0.4 is 9.80 Å². The Kier molecular flexibility index (Phi) is 9.13. The van der Waals surface area contributed by atoms with Crippen molar-refractivity contribution in [2.75, 3.05) is 29.6 Å². The Labute approximate surface area is 276 Å². The smallest absolute Gasteiger partial charge is 0.424 e. The van der Waals surface area contributed by atoms with Crippen LogP contribution in [0.2, 0.25) is 0 Å². The number of amides is 2. The van der Waals surface area contributed by atoms with Crippen molar-refractivity contribution in [1.82, 2.24) is 8.96 Å². The predicted molar refractivity (Wildman–Crippen MR) is 182 cm³/mol. The van der Waals surface area contributed by atoms with E-state index in [9.17, 15) is 18.0 Å². The highest BCUT2D eigenvalue weighted by atomic mass is 32.2. The van der Waals surface area contributed by atoms with Gasteiger partial charge in [-0.3, -0.25) is 0 Å². The van der Waals surface area contributed by atoms with E-state index in [0.717, 1.165) is 10.5 Å². The number of hydrogen-bond acceptors (Lipinski definition) is 9.